The van der Waals surface area contributed by atoms with E-state index in [-0.39, 0.29) is 12.3 Å². The first-order valence-corrected chi connectivity index (χ1v) is 8.16. The number of carbonyl (C=O) groups is 1. The average molecular weight is 353 g/mol. The van der Waals surface area contributed by atoms with Crippen LogP contribution < -0.4 is 15.8 Å². The third kappa shape index (κ3) is 4.42. The van der Waals surface area contributed by atoms with E-state index >= 15 is 0 Å². The molecule has 0 saturated carbocycles. The molecule has 0 aliphatic carbocycles. The highest BCUT2D eigenvalue weighted by molar-refractivity contribution is 5.92. The Morgan fingerprint density at radius 1 is 1.27 bits per heavy atom. The highest BCUT2D eigenvalue weighted by atomic mass is 16.5. The summed E-state index contributed by atoms with van der Waals surface area (Å²) in [7, 11) is 1.64. The van der Waals surface area contributed by atoms with Gasteiger partial charge in [0.05, 0.1) is 20.1 Å². The number of carbonyl (C=O) groups excluding carboxylic acids is 1. The molecule has 3 N–H and O–H groups in total. The van der Waals surface area contributed by atoms with Crippen molar-refractivity contribution in [2.45, 2.75) is 13.8 Å². The van der Waals surface area contributed by atoms with Crippen LogP contribution in [0.15, 0.2) is 64.9 Å². The van der Waals surface area contributed by atoms with Gasteiger partial charge in [-0.15, -0.1) is 0 Å². The van der Waals surface area contributed by atoms with Crippen LogP contribution in [0.2, 0.25) is 0 Å². The monoisotopic (exact) mass is 353 g/mol. The summed E-state index contributed by atoms with van der Waals surface area (Å²) in [5.41, 5.74) is 7.40. The summed E-state index contributed by atoms with van der Waals surface area (Å²) in [5.74, 6) is 0.264. The summed E-state index contributed by atoms with van der Waals surface area (Å²) < 4.78 is 10.2. The first kappa shape index (κ1) is 19.1. The lowest BCUT2D eigenvalue weighted by molar-refractivity contribution is -0.138. The van der Waals surface area contributed by atoms with Crippen LogP contribution in [0.1, 0.15) is 13.8 Å². The van der Waals surface area contributed by atoms with Gasteiger partial charge in [0.2, 0.25) is 0 Å². The van der Waals surface area contributed by atoms with Crippen molar-refractivity contribution in [1.29, 1.82) is 0 Å². The molecule has 6 heteroatoms. The minimum Gasteiger partial charge on any atom is -0.497 e. The number of benzene rings is 2. The Morgan fingerprint density at radius 2 is 1.96 bits per heavy atom. The van der Waals surface area contributed by atoms with Gasteiger partial charge in [-0.1, -0.05) is 18.7 Å². The van der Waals surface area contributed by atoms with Gasteiger partial charge in [-0.05, 0) is 48.9 Å². The van der Waals surface area contributed by atoms with Crippen LogP contribution >= 0.6 is 0 Å². The lowest BCUT2D eigenvalue weighted by Crippen LogP contribution is -2.12. The molecule has 2 aromatic carbocycles. The standard InChI is InChI=1S/C20H23N3O3/c1-5-26-20(24)19(22-12-21)13(2)14(3)23-17-8-6-16-11-18(25-4)9-7-15(16)10-17/h6-12,23H,3,5H2,1-2,4H3,(H2,21,22)/b19-13-. The number of nitrogens with zero attached hydrogens (tertiary/aromatic N) is 1. The zero-order valence-corrected chi connectivity index (χ0v) is 15.2. The first-order valence-electron chi connectivity index (χ1n) is 8.16. The van der Waals surface area contributed by atoms with Crippen molar-refractivity contribution in [3.63, 3.8) is 0 Å². The molecular weight excluding hydrogens is 330 g/mol. The minimum atomic E-state index is -0.541. The second-order valence-corrected chi connectivity index (χ2v) is 5.50. The van der Waals surface area contributed by atoms with Crippen molar-refractivity contribution < 1.29 is 14.3 Å². The van der Waals surface area contributed by atoms with E-state index in [9.17, 15) is 4.79 Å². The molecule has 0 radical (unpaired) electrons. The van der Waals surface area contributed by atoms with Crippen molar-refractivity contribution in [3.05, 3.63) is 59.9 Å². The van der Waals surface area contributed by atoms with Crippen molar-refractivity contribution in [2.24, 2.45) is 10.7 Å². The molecule has 0 saturated heterocycles. The van der Waals surface area contributed by atoms with Gasteiger partial charge in [-0.3, -0.25) is 0 Å². The number of hydrogen-bond acceptors (Lipinski definition) is 5. The van der Waals surface area contributed by atoms with E-state index in [0.29, 0.717) is 11.3 Å². The van der Waals surface area contributed by atoms with Crippen molar-refractivity contribution in [2.75, 3.05) is 19.0 Å². The summed E-state index contributed by atoms with van der Waals surface area (Å²) in [5, 5.41) is 5.31. The number of anilines is 1. The predicted molar refractivity (Wildman–Crippen MR) is 105 cm³/mol. The molecule has 0 aliphatic heterocycles. The highest BCUT2D eigenvalue weighted by Gasteiger charge is 2.15. The van der Waals surface area contributed by atoms with E-state index in [1.165, 1.54) is 0 Å². The molecular formula is C20H23N3O3. The Morgan fingerprint density at radius 3 is 2.62 bits per heavy atom. The molecule has 0 unspecified atom stereocenters. The summed E-state index contributed by atoms with van der Waals surface area (Å²) in [6, 6.07) is 11.7. The Bertz CT molecular complexity index is 885. The molecule has 0 heterocycles. The van der Waals surface area contributed by atoms with E-state index < -0.39 is 5.97 Å². The third-order valence-corrected chi connectivity index (χ3v) is 3.82. The van der Waals surface area contributed by atoms with Crippen LogP contribution in [-0.4, -0.2) is 26.0 Å². The van der Waals surface area contributed by atoms with Gasteiger partial charge in [-0.2, -0.15) is 0 Å². The van der Waals surface area contributed by atoms with E-state index in [1.807, 2.05) is 36.4 Å². The first-order chi connectivity index (χ1) is 12.5. The maximum absolute atomic E-state index is 12.0. The Hall–Kier alpha value is -3.28. The lowest BCUT2D eigenvalue weighted by atomic mass is 10.1. The van der Waals surface area contributed by atoms with Gasteiger partial charge in [0, 0.05) is 17.0 Å². The molecule has 26 heavy (non-hydrogen) atoms. The van der Waals surface area contributed by atoms with Crippen LogP contribution in [0, 0.1) is 0 Å². The number of esters is 1. The van der Waals surface area contributed by atoms with Crippen LogP contribution in [0.3, 0.4) is 0 Å². The lowest BCUT2D eigenvalue weighted by Gasteiger charge is -2.13. The molecule has 0 spiro atoms. The number of methoxy groups -OCH3 is 1. The number of ether oxygens (including phenoxy) is 2. The van der Waals surface area contributed by atoms with Crippen molar-refractivity contribution in [1.82, 2.24) is 0 Å². The summed E-state index contributed by atoms with van der Waals surface area (Å²) in [6.45, 7) is 7.71. The molecule has 2 aromatic rings. The fourth-order valence-corrected chi connectivity index (χ4v) is 2.42. The smallest absolute Gasteiger partial charge is 0.357 e. The summed E-state index contributed by atoms with van der Waals surface area (Å²) in [6.07, 6.45) is 1.06. The number of rotatable bonds is 7. The van der Waals surface area contributed by atoms with E-state index in [1.54, 1.807) is 21.0 Å². The quantitative estimate of drug-likeness (QED) is 0.261. The number of fused-ring (bicyclic) bond motifs is 1. The van der Waals surface area contributed by atoms with Crippen LogP contribution in [0.5, 0.6) is 5.75 Å². The minimum absolute atomic E-state index is 0.123. The van der Waals surface area contributed by atoms with Crippen LogP contribution in [0.25, 0.3) is 10.8 Å². The number of aliphatic imine (C=N–C) groups is 1. The Kier molecular flexibility index (Phi) is 6.38. The van der Waals surface area contributed by atoms with Gasteiger partial charge in [-0.25, -0.2) is 9.79 Å². The fourth-order valence-electron chi connectivity index (χ4n) is 2.42. The van der Waals surface area contributed by atoms with E-state index in [2.05, 4.69) is 16.9 Å². The average Bonchev–Trinajstić information content (AvgIpc) is 2.65. The maximum atomic E-state index is 12.0. The largest absolute Gasteiger partial charge is 0.497 e. The topological polar surface area (TPSA) is 85.9 Å². The second kappa shape index (κ2) is 8.71. The number of hydrogen-bond donors (Lipinski definition) is 2. The number of nitrogens with one attached hydrogen (secondary N) is 1. The molecule has 6 nitrogen and oxygen atoms in total. The molecule has 0 aliphatic rings. The zero-order valence-electron chi connectivity index (χ0n) is 15.2. The molecule has 0 atom stereocenters. The molecule has 0 fully saturated rings. The van der Waals surface area contributed by atoms with Crippen LogP contribution in [0.4, 0.5) is 5.69 Å². The van der Waals surface area contributed by atoms with Gasteiger partial charge in [0.1, 0.15) is 5.75 Å². The van der Waals surface area contributed by atoms with Crippen LogP contribution in [-0.2, 0) is 9.53 Å². The normalized spacial score (nSPS) is 12.0. The third-order valence-electron chi connectivity index (χ3n) is 3.82. The van der Waals surface area contributed by atoms with E-state index in [4.69, 9.17) is 15.2 Å². The van der Waals surface area contributed by atoms with Crippen molar-refractivity contribution >= 4 is 28.8 Å². The van der Waals surface area contributed by atoms with Gasteiger partial charge in [0.15, 0.2) is 5.70 Å². The maximum Gasteiger partial charge on any atom is 0.357 e. The molecule has 136 valence electrons. The Balaban J connectivity index is 2.28. The molecule has 2 rings (SSSR count). The summed E-state index contributed by atoms with van der Waals surface area (Å²) in [4.78, 5) is 16.0. The fraction of sp³-hybridized carbons (Fsp3) is 0.200. The van der Waals surface area contributed by atoms with Crippen molar-refractivity contribution in [3.8, 4) is 5.75 Å². The number of nitrogens with two attached hydrogens (primary N) is 1. The van der Waals surface area contributed by atoms with Gasteiger partial charge in [0.25, 0.3) is 0 Å². The predicted octanol–water partition coefficient (Wildman–Crippen LogP) is 3.60. The molecule has 0 bridgehead atoms. The molecule has 0 amide bonds. The Labute approximate surface area is 153 Å². The summed E-state index contributed by atoms with van der Waals surface area (Å²) >= 11 is 0. The number of allylic oxidation sites excluding steroid dienone is 1. The highest BCUT2D eigenvalue weighted by Crippen LogP contribution is 2.25. The SMILES string of the molecule is C=C(Nc1ccc2cc(OC)ccc2c1)/C(C)=C(\N=C/N)C(=O)OCC. The second-order valence-electron chi connectivity index (χ2n) is 5.50. The van der Waals surface area contributed by atoms with E-state index in [0.717, 1.165) is 28.5 Å². The van der Waals surface area contributed by atoms with Gasteiger partial charge >= 0.3 is 5.97 Å². The zero-order chi connectivity index (χ0) is 19.1. The van der Waals surface area contributed by atoms with Gasteiger partial charge < -0.3 is 20.5 Å². The molecule has 0 aromatic heterocycles.